The number of rotatable bonds is 2. The number of carbonyl (C=O) groups excluding carboxylic acids is 1. The fourth-order valence-electron chi connectivity index (χ4n) is 1.57. The van der Waals surface area contributed by atoms with Crippen LogP contribution in [0.1, 0.15) is 16.2 Å². The molecule has 4 nitrogen and oxygen atoms in total. The average molecular weight is 254 g/mol. The van der Waals surface area contributed by atoms with Crippen molar-refractivity contribution in [2.24, 2.45) is 5.73 Å². The van der Waals surface area contributed by atoms with E-state index in [9.17, 15) is 9.18 Å². The van der Waals surface area contributed by atoms with Crippen molar-refractivity contribution in [3.05, 3.63) is 46.8 Å². The Balaban J connectivity index is 2.62. The van der Waals surface area contributed by atoms with Gasteiger partial charge in [0, 0.05) is 0 Å². The van der Waals surface area contributed by atoms with Crippen molar-refractivity contribution in [3.63, 3.8) is 0 Å². The number of halogens is 2. The fourth-order valence-corrected chi connectivity index (χ4v) is 1.74. The van der Waals surface area contributed by atoms with E-state index in [4.69, 9.17) is 17.3 Å². The number of amides is 1. The van der Waals surface area contributed by atoms with E-state index in [1.807, 2.05) is 0 Å². The van der Waals surface area contributed by atoms with Crippen LogP contribution >= 0.6 is 11.6 Å². The first-order chi connectivity index (χ1) is 8.02. The Labute approximate surface area is 102 Å². The number of hydrogen-bond acceptors (Lipinski definition) is 2. The van der Waals surface area contributed by atoms with Gasteiger partial charge in [0.05, 0.1) is 16.4 Å². The lowest BCUT2D eigenvalue weighted by molar-refractivity contribution is 0.0995. The van der Waals surface area contributed by atoms with Crippen molar-refractivity contribution in [1.29, 1.82) is 0 Å². The molecule has 88 valence electrons. The van der Waals surface area contributed by atoms with Gasteiger partial charge >= 0.3 is 0 Å². The Kier molecular flexibility index (Phi) is 2.85. The second kappa shape index (κ2) is 4.18. The summed E-state index contributed by atoms with van der Waals surface area (Å²) in [5.41, 5.74) is 5.96. The minimum absolute atomic E-state index is 0.0104. The molecule has 0 radical (unpaired) electrons. The summed E-state index contributed by atoms with van der Waals surface area (Å²) >= 11 is 5.69. The van der Waals surface area contributed by atoms with Crippen molar-refractivity contribution in [1.82, 2.24) is 9.55 Å². The molecular weight excluding hydrogens is 245 g/mol. The molecule has 1 aromatic heterocycles. The first-order valence-electron chi connectivity index (χ1n) is 4.80. The minimum Gasteiger partial charge on any atom is -0.364 e. The average Bonchev–Trinajstić information content (AvgIpc) is 2.64. The van der Waals surface area contributed by atoms with E-state index in [-0.39, 0.29) is 16.4 Å². The quantitative estimate of drug-likeness (QED) is 0.891. The molecule has 0 atom stereocenters. The summed E-state index contributed by atoms with van der Waals surface area (Å²) in [5, 5.41) is 0.0104. The lowest BCUT2D eigenvalue weighted by atomic mass is 10.2. The predicted octanol–water partition coefficient (Wildman–Crippen LogP) is 2.07. The zero-order valence-corrected chi connectivity index (χ0v) is 9.70. The van der Waals surface area contributed by atoms with Gasteiger partial charge in [-0.2, -0.15) is 0 Å². The number of aromatic nitrogens is 2. The van der Waals surface area contributed by atoms with Gasteiger partial charge in [-0.1, -0.05) is 17.7 Å². The van der Waals surface area contributed by atoms with Crippen LogP contribution in [0.25, 0.3) is 5.69 Å². The molecule has 1 amide bonds. The van der Waals surface area contributed by atoms with Crippen molar-refractivity contribution in [2.75, 3.05) is 0 Å². The number of nitrogens with two attached hydrogens (primary N) is 1. The van der Waals surface area contributed by atoms with E-state index in [2.05, 4.69) is 4.98 Å². The van der Waals surface area contributed by atoms with Crippen LogP contribution in [0.4, 0.5) is 4.39 Å². The second-order valence-electron chi connectivity index (χ2n) is 3.49. The molecule has 2 N–H and O–H groups in total. The Hall–Kier alpha value is -1.88. The van der Waals surface area contributed by atoms with E-state index in [0.717, 1.165) is 0 Å². The molecule has 6 heteroatoms. The molecule has 0 aliphatic rings. The van der Waals surface area contributed by atoms with Gasteiger partial charge in [0.1, 0.15) is 12.0 Å². The molecule has 0 aliphatic heterocycles. The lowest BCUT2D eigenvalue weighted by Crippen LogP contribution is -2.13. The Morgan fingerprint density at radius 2 is 2.24 bits per heavy atom. The molecule has 17 heavy (non-hydrogen) atoms. The van der Waals surface area contributed by atoms with Crippen molar-refractivity contribution >= 4 is 17.5 Å². The van der Waals surface area contributed by atoms with Gasteiger partial charge in [0.2, 0.25) is 0 Å². The molecule has 0 fully saturated rings. The van der Waals surface area contributed by atoms with Gasteiger partial charge in [-0.05, 0) is 19.1 Å². The Morgan fingerprint density at radius 1 is 1.53 bits per heavy atom. The topological polar surface area (TPSA) is 60.9 Å². The molecule has 0 bridgehead atoms. The van der Waals surface area contributed by atoms with Crippen molar-refractivity contribution < 1.29 is 9.18 Å². The highest BCUT2D eigenvalue weighted by atomic mass is 35.5. The first kappa shape index (κ1) is 11.6. The molecule has 0 saturated heterocycles. The van der Waals surface area contributed by atoms with E-state index < -0.39 is 11.7 Å². The first-order valence-corrected chi connectivity index (χ1v) is 5.18. The van der Waals surface area contributed by atoms with Crippen molar-refractivity contribution in [2.45, 2.75) is 6.92 Å². The van der Waals surface area contributed by atoms with Crippen LogP contribution in [0, 0.1) is 12.7 Å². The van der Waals surface area contributed by atoms with Crippen LogP contribution in [-0.2, 0) is 0 Å². The third-order valence-corrected chi connectivity index (χ3v) is 2.72. The van der Waals surface area contributed by atoms with E-state index in [1.54, 1.807) is 19.1 Å². The maximum atomic E-state index is 13.8. The van der Waals surface area contributed by atoms with Crippen molar-refractivity contribution in [3.8, 4) is 5.69 Å². The molecular formula is C11H9ClFN3O. The molecule has 0 saturated carbocycles. The molecule has 0 spiro atoms. The highest BCUT2D eigenvalue weighted by Gasteiger charge is 2.15. The van der Waals surface area contributed by atoms with E-state index in [1.165, 1.54) is 17.0 Å². The smallest absolute Gasteiger partial charge is 0.269 e. The second-order valence-corrected chi connectivity index (χ2v) is 3.89. The van der Waals surface area contributed by atoms with Crippen LogP contribution in [0.2, 0.25) is 5.02 Å². The molecule has 2 rings (SSSR count). The predicted molar refractivity (Wildman–Crippen MR) is 61.8 cm³/mol. The number of carbonyl (C=O) groups is 1. The van der Waals surface area contributed by atoms with Gasteiger partial charge in [-0.25, -0.2) is 9.37 Å². The van der Waals surface area contributed by atoms with Crippen LogP contribution in [0.5, 0.6) is 0 Å². The van der Waals surface area contributed by atoms with Gasteiger partial charge in [-0.15, -0.1) is 0 Å². The monoisotopic (exact) mass is 253 g/mol. The summed E-state index contributed by atoms with van der Waals surface area (Å²) in [4.78, 5) is 14.9. The number of benzene rings is 1. The van der Waals surface area contributed by atoms with E-state index >= 15 is 0 Å². The van der Waals surface area contributed by atoms with Gasteiger partial charge in [0.15, 0.2) is 5.82 Å². The van der Waals surface area contributed by atoms with Gasteiger partial charge < -0.3 is 5.73 Å². The zero-order chi connectivity index (χ0) is 12.6. The fraction of sp³-hybridized carbons (Fsp3) is 0.0909. The number of hydrogen-bond donors (Lipinski definition) is 1. The van der Waals surface area contributed by atoms with Crippen LogP contribution in [0.15, 0.2) is 24.5 Å². The third-order valence-electron chi connectivity index (χ3n) is 2.43. The standard InChI is InChI=1S/C11H9ClFN3O/c1-6-10(11(14)17)15-5-16(6)8-4-2-3-7(12)9(8)13/h2-5H,1H3,(H2,14,17). The third kappa shape index (κ3) is 1.89. The molecule has 1 aromatic carbocycles. The molecule has 1 heterocycles. The normalized spacial score (nSPS) is 10.5. The zero-order valence-electron chi connectivity index (χ0n) is 8.95. The van der Waals surface area contributed by atoms with Gasteiger partial charge in [0.25, 0.3) is 5.91 Å². The summed E-state index contributed by atoms with van der Waals surface area (Å²) in [6.07, 6.45) is 1.34. The highest BCUT2D eigenvalue weighted by molar-refractivity contribution is 6.30. The van der Waals surface area contributed by atoms with E-state index in [0.29, 0.717) is 5.69 Å². The number of imidazole rings is 1. The lowest BCUT2D eigenvalue weighted by Gasteiger charge is -2.07. The van der Waals surface area contributed by atoms with Gasteiger partial charge in [-0.3, -0.25) is 9.36 Å². The summed E-state index contributed by atoms with van der Waals surface area (Å²) in [7, 11) is 0. The SMILES string of the molecule is Cc1c(C(N)=O)ncn1-c1cccc(Cl)c1F. The molecule has 0 aliphatic carbocycles. The Morgan fingerprint density at radius 3 is 2.82 bits per heavy atom. The molecule has 0 unspecified atom stereocenters. The van der Waals surface area contributed by atoms with Crippen LogP contribution in [-0.4, -0.2) is 15.5 Å². The maximum Gasteiger partial charge on any atom is 0.269 e. The number of primary amides is 1. The summed E-state index contributed by atoms with van der Waals surface area (Å²) in [5.74, 6) is -1.21. The summed E-state index contributed by atoms with van der Waals surface area (Å²) in [6, 6.07) is 4.60. The number of nitrogens with zero attached hydrogens (tertiary/aromatic N) is 2. The summed E-state index contributed by atoms with van der Waals surface area (Å²) in [6.45, 7) is 1.63. The minimum atomic E-state index is -0.649. The largest absolute Gasteiger partial charge is 0.364 e. The Bertz CT molecular complexity index is 594. The van der Waals surface area contributed by atoms with Crippen LogP contribution < -0.4 is 5.73 Å². The summed E-state index contributed by atoms with van der Waals surface area (Å²) < 4.78 is 15.2. The van der Waals surface area contributed by atoms with Crippen LogP contribution in [0.3, 0.4) is 0 Å². The molecule has 2 aromatic rings. The highest BCUT2D eigenvalue weighted by Crippen LogP contribution is 2.23. The maximum absolute atomic E-state index is 13.8.